The number of likely N-dealkylation sites (tertiary alicyclic amines) is 1. The Morgan fingerprint density at radius 1 is 1.25 bits per heavy atom. The number of carbonyl (C=O) groups is 1. The van der Waals surface area contributed by atoms with Crippen molar-refractivity contribution in [1.82, 2.24) is 9.80 Å². The molecule has 1 aromatic carbocycles. The Morgan fingerprint density at radius 2 is 2.08 bits per heavy atom. The van der Waals surface area contributed by atoms with E-state index in [0.717, 1.165) is 39.0 Å². The van der Waals surface area contributed by atoms with Crippen LogP contribution >= 0.6 is 0 Å². The number of aryl methyl sites for hydroxylation is 1. The molecule has 24 heavy (non-hydrogen) atoms. The summed E-state index contributed by atoms with van der Waals surface area (Å²) in [7, 11) is 2.03. The third kappa shape index (κ3) is 4.79. The second-order valence-corrected chi connectivity index (χ2v) is 6.78. The molecule has 0 unspecified atom stereocenters. The van der Waals surface area contributed by atoms with Gasteiger partial charge in [0.05, 0.1) is 12.7 Å². The Morgan fingerprint density at radius 3 is 2.88 bits per heavy atom. The molecule has 2 saturated heterocycles. The fourth-order valence-corrected chi connectivity index (χ4v) is 3.37. The minimum atomic E-state index is -0.305. The SMILES string of the molecule is CN1CCO[C@H](C(=O)N2CC[C@@H](OCCCc3ccccc3)C2)C1. The van der Waals surface area contributed by atoms with Crippen molar-refractivity contribution in [2.24, 2.45) is 0 Å². The molecule has 1 aromatic rings. The molecule has 0 saturated carbocycles. The van der Waals surface area contributed by atoms with Gasteiger partial charge in [-0.15, -0.1) is 0 Å². The van der Waals surface area contributed by atoms with Crippen LogP contribution in [-0.4, -0.2) is 74.4 Å². The molecule has 2 fully saturated rings. The van der Waals surface area contributed by atoms with E-state index in [1.54, 1.807) is 0 Å². The van der Waals surface area contributed by atoms with Crippen molar-refractivity contribution in [3.63, 3.8) is 0 Å². The van der Waals surface area contributed by atoms with Crippen LogP contribution in [0.25, 0.3) is 0 Å². The molecular formula is C19H28N2O3. The first-order chi connectivity index (χ1) is 11.7. The van der Waals surface area contributed by atoms with Crippen molar-refractivity contribution in [3.8, 4) is 0 Å². The number of carbonyl (C=O) groups excluding carboxylic acids is 1. The Kier molecular flexibility index (Phi) is 6.24. The number of hydrogen-bond donors (Lipinski definition) is 0. The predicted molar refractivity (Wildman–Crippen MR) is 92.9 cm³/mol. The van der Waals surface area contributed by atoms with E-state index in [0.29, 0.717) is 19.7 Å². The van der Waals surface area contributed by atoms with E-state index in [1.807, 2.05) is 18.0 Å². The minimum absolute atomic E-state index is 0.122. The van der Waals surface area contributed by atoms with E-state index in [2.05, 4.69) is 29.2 Å². The van der Waals surface area contributed by atoms with Gasteiger partial charge in [0, 0.05) is 32.8 Å². The summed E-state index contributed by atoms with van der Waals surface area (Å²) in [4.78, 5) is 16.6. The minimum Gasteiger partial charge on any atom is -0.376 e. The Bertz CT molecular complexity index is 523. The zero-order valence-corrected chi connectivity index (χ0v) is 14.5. The van der Waals surface area contributed by atoms with E-state index in [-0.39, 0.29) is 18.1 Å². The van der Waals surface area contributed by atoms with E-state index in [9.17, 15) is 4.79 Å². The number of morpholine rings is 1. The zero-order chi connectivity index (χ0) is 16.8. The fourth-order valence-electron chi connectivity index (χ4n) is 3.37. The highest BCUT2D eigenvalue weighted by atomic mass is 16.5. The quantitative estimate of drug-likeness (QED) is 0.742. The first-order valence-electron chi connectivity index (χ1n) is 8.97. The lowest BCUT2D eigenvalue weighted by Gasteiger charge is -2.31. The molecule has 1 amide bonds. The van der Waals surface area contributed by atoms with Crippen molar-refractivity contribution in [3.05, 3.63) is 35.9 Å². The molecule has 0 spiro atoms. The van der Waals surface area contributed by atoms with Gasteiger partial charge in [-0.2, -0.15) is 0 Å². The summed E-state index contributed by atoms with van der Waals surface area (Å²) in [5, 5.41) is 0. The largest absolute Gasteiger partial charge is 0.376 e. The average Bonchev–Trinajstić information content (AvgIpc) is 3.08. The molecule has 0 aromatic heterocycles. The molecule has 3 rings (SSSR count). The second-order valence-electron chi connectivity index (χ2n) is 6.78. The standard InChI is InChI=1S/C19H28N2O3/c1-20-11-13-24-18(15-20)19(22)21-10-9-17(14-21)23-12-5-8-16-6-3-2-4-7-16/h2-4,6-7,17-18H,5,8-15H2,1H3/t17-,18+/m1/s1. The van der Waals surface area contributed by atoms with E-state index in [1.165, 1.54) is 5.56 Å². The lowest BCUT2D eigenvalue weighted by molar-refractivity contribution is -0.148. The summed E-state index contributed by atoms with van der Waals surface area (Å²) in [6.07, 6.45) is 2.86. The van der Waals surface area contributed by atoms with Gasteiger partial charge in [-0.05, 0) is 31.9 Å². The maximum absolute atomic E-state index is 12.5. The van der Waals surface area contributed by atoms with E-state index < -0.39 is 0 Å². The van der Waals surface area contributed by atoms with Crippen LogP contribution in [-0.2, 0) is 20.7 Å². The molecule has 0 bridgehead atoms. The Balaban J connectivity index is 1.35. The molecule has 0 aliphatic carbocycles. The molecule has 2 atom stereocenters. The number of rotatable bonds is 6. The van der Waals surface area contributed by atoms with Gasteiger partial charge in [-0.1, -0.05) is 30.3 Å². The summed E-state index contributed by atoms with van der Waals surface area (Å²) in [6.45, 7) is 4.47. The maximum Gasteiger partial charge on any atom is 0.253 e. The number of amides is 1. The summed E-state index contributed by atoms with van der Waals surface area (Å²) >= 11 is 0. The van der Waals surface area contributed by atoms with Gasteiger partial charge in [0.2, 0.25) is 0 Å². The van der Waals surface area contributed by atoms with Crippen LogP contribution in [0.3, 0.4) is 0 Å². The summed E-state index contributed by atoms with van der Waals surface area (Å²) < 4.78 is 11.6. The van der Waals surface area contributed by atoms with Gasteiger partial charge in [-0.25, -0.2) is 0 Å². The van der Waals surface area contributed by atoms with Crippen molar-refractivity contribution in [1.29, 1.82) is 0 Å². The van der Waals surface area contributed by atoms with E-state index >= 15 is 0 Å². The van der Waals surface area contributed by atoms with Crippen LogP contribution in [0.2, 0.25) is 0 Å². The third-order valence-electron chi connectivity index (χ3n) is 4.81. The van der Waals surface area contributed by atoms with Crippen molar-refractivity contribution in [2.75, 3.05) is 46.4 Å². The lowest BCUT2D eigenvalue weighted by Crippen LogP contribution is -2.49. The number of nitrogens with zero attached hydrogens (tertiary/aromatic N) is 2. The smallest absolute Gasteiger partial charge is 0.253 e. The monoisotopic (exact) mass is 332 g/mol. The molecule has 0 N–H and O–H groups in total. The lowest BCUT2D eigenvalue weighted by atomic mass is 10.1. The van der Waals surface area contributed by atoms with Crippen molar-refractivity contribution < 1.29 is 14.3 Å². The highest BCUT2D eigenvalue weighted by Crippen LogP contribution is 2.17. The van der Waals surface area contributed by atoms with Crippen LogP contribution in [0.1, 0.15) is 18.4 Å². The van der Waals surface area contributed by atoms with E-state index in [4.69, 9.17) is 9.47 Å². The number of hydrogen-bond acceptors (Lipinski definition) is 4. The van der Waals surface area contributed by atoms with Crippen molar-refractivity contribution in [2.45, 2.75) is 31.5 Å². The molecular weight excluding hydrogens is 304 g/mol. The maximum atomic E-state index is 12.5. The molecule has 132 valence electrons. The Labute approximate surface area is 144 Å². The van der Waals surface area contributed by atoms with Gasteiger partial charge < -0.3 is 19.3 Å². The van der Waals surface area contributed by atoms with Gasteiger partial charge in [0.1, 0.15) is 6.10 Å². The van der Waals surface area contributed by atoms with Crippen LogP contribution in [0.15, 0.2) is 30.3 Å². The third-order valence-corrected chi connectivity index (χ3v) is 4.81. The molecule has 2 aliphatic rings. The van der Waals surface area contributed by atoms with Crippen LogP contribution in [0.5, 0.6) is 0 Å². The highest BCUT2D eigenvalue weighted by Gasteiger charge is 2.33. The molecule has 0 radical (unpaired) electrons. The number of ether oxygens (including phenoxy) is 2. The number of likely N-dealkylation sites (N-methyl/N-ethyl adjacent to an activating group) is 1. The average molecular weight is 332 g/mol. The second kappa shape index (κ2) is 8.60. The normalized spacial score (nSPS) is 25.1. The van der Waals surface area contributed by atoms with Crippen LogP contribution in [0.4, 0.5) is 0 Å². The van der Waals surface area contributed by atoms with Gasteiger partial charge >= 0.3 is 0 Å². The summed E-state index contributed by atoms with van der Waals surface area (Å²) in [5.41, 5.74) is 1.35. The first-order valence-corrected chi connectivity index (χ1v) is 8.97. The molecule has 5 heteroatoms. The first kappa shape index (κ1) is 17.4. The molecule has 2 aliphatic heterocycles. The van der Waals surface area contributed by atoms with Crippen LogP contribution in [0, 0.1) is 0 Å². The fraction of sp³-hybridized carbons (Fsp3) is 0.632. The van der Waals surface area contributed by atoms with Gasteiger partial charge in [0.15, 0.2) is 0 Å². The number of benzene rings is 1. The highest BCUT2D eigenvalue weighted by molar-refractivity contribution is 5.81. The zero-order valence-electron chi connectivity index (χ0n) is 14.5. The summed E-state index contributed by atoms with van der Waals surface area (Å²) in [5.74, 6) is 0.122. The van der Waals surface area contributed by atoms with Gasteiger partial charge in [-0.3, -0.25) is 4.79 Å². The topological polar surface area (TPSA) is 42.0 Å². The molecule has 2 heterocycles. The molecule has 5 nitrogen and oxygen atoms in total. The van der Waals surface area contributed by atoms with Crippen molar-refractivity contribution >= 4 is 5.91 Å². The Hall–Kier alpha value is -1.43. The summed E-state index contributed by atoms with van der Waals surface area (Å²) in [6, 6.07) is 10.5. The van der Waals surface area contributed by atoms with Gasteiger partial charge in [0.25, 0.3) is 5.91 Å². The van der Waals surface area contributed by atoms with Crippen LogP contribution < -0.4 is 0 Å². The predicted octanol–water partition coefficient (Wildman–Crippen LogP) is 1.57.